The highest BCUT2D eigenvalue weighted by Gasteiger charge is 2.32. The van der Waals surface area contributed by atoms with E-state index in [2.05, 4.69) is 10.3 Å². The second-order valence-corrected chi connectivity index (χ2v) is 9.90. The highest BCUT2D eigenvalue weighted by molar-refractivity contribution is 7.89. The summed E-state index contributed by atoms with van der Waals surface area (Å²) in [5, 5.41) is 12.0. The number of thiazole rings is 1. The number of hydrogen-bond acceptors (Lipinski definition) is 6. The summed E-state index contributed by atoms with van der Waals surface area (Å²) in [6.45, 7) is 0.455. The molecule has 1 N–H and O–H groups in total. The van der Waals surface area contributed by atoms with Crippen LogP contribution in [0.1, 0.15) is 18.4 Å². The van der Waals surface area contributed by atoms with Gasteiger partial charge in [0.15, 0.2) is 5.13 Å². The maximum absolute atomic E-state index is 13.3. The van der Waals surface area contributed by atoms with Crippen LogP contribution in [0.25, 0.3) is 10.2 Å². The smallest absolute Gasteiger partial charge is 0.243 e. The first-order valence-corrected chi connectivity index (χ1v) is 11.5. The molecule has 1 amide bonds. The van der Waals surface area contributed by atoms with Crippen molar-refractivity contribution < 1.29 is 17.6 Å². The van der Waals surface area contributed by atoms with E-state index < -0.39 is 10.0 Å². The molecular weight excluding hydrogens is 427 g/mol. The SMILES string of the molecule is N#Cc1ccc(S(=O)(=O)N2CCC(C(=O)Nc3nc4ccc(F)cc4s3)CC2)cc1. The van der Waals surface area contributed by atoms with Gasteiger partial charge in [0.1, 0.15) is 5.82 Å². The van der Waals surface area contributed by atoms with Crippen LogP contribution >= 0.6 is 11.3 Å². The van der Waals surface area contributed by atoms with Crippen LogP contribution in [0.2, 0.25) is 0 Å². The summed E-state index contributed by atoms with van der Waals surface area (Å²) < 4.78 is 40.9. The van der Waals surface area contributed by atoms with Gasteiger partial charge in [0.25, 0.3) is 0 Å². The van der Waals surface area contributed by atoms with E-state index in [0.717, 1.165) is 0 Å². The Labute approximate surface area is 176 Å². The van der Waals surface area contributed by atoms with Gasteiger partial charge >= 0.3 is 0 Å². The van der Waals surface area contributed by atoms with Crippen molar-refractivity contribution in [3.63, 3.8) is 0 Å². The summed E-state index contributed by atoms with van der Waals surface area (Å²) in [7, 11) is -3.67. The number of hydrogen-bond donors (Lipinski definition) is 1. The molecule has 0 bridgehead atoms. The van der Waals surface area contributed by atoms with Crippen LogP contribution in [0, 0.1) is 23.1 Å². The first-order chi connectivity index (χ1) is 14.4. The fourth-order valence-corrected chi connectivity index (χ4v) is 5.73. The standard InChI is InChI=1S/C20H17FN4O3S2/c21-15-3-6-17-18(11-15)29-20(23-17)24-19(26)14-7-9-25(10-8-14)30(27,28)16-4-1-13(12-22)2-5-16/h1-6,11,14H,7-10H2,(H,23,24,26). The maximum atomic E-state index is 13.3. The summed E-state index contributed by atoms with van der Waals surface area (Å²) in [6, 6.07) is 12.0. The Balaban J connectivity index is 1.39. The third kappa shape index (κ3) is 4.05. The number of rotatable bonds is 4. The number of carbonyl (C=O) groups is 1. The van der Waals surface area contributed by atoms with Crippen LogP contribution < -0.4 is 5.32 Å². The number of carbonyl (C=O) groups excluding carboxylic acids is 1. The van der Waals surface area contributed by atoms with Crippen molar-refractivity contribution in [3.8, 4) is 6.07 Å². The Hall–Kier alpha value is -2.87. The van der Waals surface area contributed by atoms with Gasteiger partial charge in [-0.25, -0.2) is 17.8 Å². The third-order valence-electron chi connectivity index (χ3n) is 5.03. The monoisotopic (exact) mass is 444 g/mol. The number of piperidine rings is 1. The number of sulfonamides is 1. The van der Waals surface area contributed by atoms with Crippen molar-refractivity contribution in [3.05, 3.63) is 53.8 Å². The number of nitrogens with zero attached hydrogens (tertiary/aromatic N) is 3. The molecule has 1 saturated heterocycles. The minimum Gasteiger partial charge on any atom is -0.302 e. The molecule has 10 heteroatoms. The molecule has 0 aliphatic carbocycles. The molecule has 2 heterocycles. The van der Waals surface area contributed by atoms with Gasteiger partial charge in [0.05, 0.1) is 26.7 Å². The molecule has 1 aliphatic rings. The number of nitrogens with one attached hydrogen (secondary N) is 1. The van der Waals surface area contributed by atoms with Crippen molar-refractivity contribution in [2.75, 3.05) is 18.4 Å². The fourth-order valence-electron chi connectivity index (χ4n) is 3.37. The minimum absolute atomic E-state index is 0.131. The van der Waals surface area contributed by atoms with Crippen molar-refractivity contribution in [1.29, 1.82) is 5.26 Å². The Morgan fingerprint density at radius 2 is 1.90 bits per heavy atom. The lowest BCUT2D eigenvalue weighted by Crippen LogP contribution is -2.41. The molecule has 30 heavy (non-hydrogen) atoms. The normalized spacial score (nSPS) is 15.7. The van der Waals surface area contributed by atoms with E-state index in [-0.39, 0.29) is 35.6 Å². The number of anilines is 1. The lowest BCUT2D eigenvalue weighted by Gasteiger charge is -2.30. The number of amides is 1. The Kier molecular flexibility index (Phi) is 5.51. The second-order valence-electron chi connectivity index (χ2n) is 6.93. The second kappa shape index (κ2) is 8.10. The van der Waals surface area contributed by atoms with Gasteiger partial charge in [0.2, 0.25) is 15.9 Å². The molecule has 2 aromatic carbocycles. The van der Waals surface area contributed by atoms with E-state index in [9.17, 15) is 17.6 Å². The van der Waals surface area contributed by atoms with Gasteiger partial charge in [0, 0.05) is 19.0 Å². The largest absolute Gasteiger partial charge is 0.302 e. The van der Waals surface area contributed by atoms with Crippen LogP contribution in [0.4, 0.5) is 9.52 Å². The predicted octanol–water partition coefficient (Wildman–Crippen LogP) is 3.35. The molecule has 0 saturated carbocycles. The predicted molar refractivity (Wildman–Crippen MR) is 111 cm³/mol. The van der Waals surface area contributed by atoms with Gasteiger partial charge in [-0.1, -0.05) is 11.3 Å². The van der Waals surface area contributed by atoms with Gasteiger partial charge < -0.3 is 5.32 Å². The molecule has 1 fully saturated rings. The maximum Gasteiger partial charge on any atom is 0.243 e. The molecular formula is C20H17FN4O3S2. The van der Waals surface area contributed by atoms with E-state index >= 15 is 0 Å². The van der Waals surface area contributed by atoms with Crippen molar-refractivity contribution >= 4 is 42.6 Å². The third-order valence-corrected chi connectivity index (χ3v) is 7.87. The highest BCUT2D eigenvalue weighted by Crippen LogP contribution is 2.29. The van der Waals surface area contributed by atoms with Crippen LogP contribution in [-0.2, 0) is 14.8 Å². The first-order valence-electron chi connectivity index (χ1n) is 9.24. The summed E-state index contributed by atoms with van der Waals surface area (Å²) in [4.78, 5) is 17.0. The quantitative estimate of drug-likeness (QED) is 0.665. The Morgan fingerprint density at radius 3 is 2.57 bits per heavy atom. The van der Waals surface area contributed by atoms with Crippen molar-refractivity contribution in [2.45, 2.75) is 17.7 Å². The molecule has 0 radical (unpaired) electrons. The topological polar surface area (TPSA) is 103 Å². The average molecular weight is 445 g/mol. The number of benzene rings is 2. The molecule has 154 valence electrons. The lowest BCUT2D eigenvalue weighted by molar-refractivity contribution is -0.120. The highest BCUT2D eigenvalue weighted by atomic mass is 32.2. The van der Waals surface area contributed by atoms with Crippen molar-refractivity contribution in [1.82, 2.24) is 9.29 Å². The van der Waals surface area contributed by atoms with E-state index in [0.29, 0.717) is 33.8 Å². The van der Waals surface area contributed by atoms with Crippen LogP contribution in [0.3, 0.4) is 0 Å². The summed E-state index contributed by atoms with van der Waals surface area (Å²) in [6.07, 6.45) is 0.779. The van der Waals surface area contributed by atoms with E-state index in [4.69, 9.17) is 5.26 Å². The average Bonchev–Trinajstić information content (AvgIpc) is 3.15. The van der Waals surface area contributed by atoms with E-state index in [1.807, 2.05) is 6.07 Å². The van der Waals surface area contributed by atoms with Crippen molar-refractivity contribution in [2.24, 2.45) is 5.92 Å². The molecule has 0 spiro atoms. The zero-order valence-electron chi connectivity index (χ0n) is 15.7. The summed E-state index contributed by atoms with van der Waals surface area (Å²) >= 11 is 1.20. The van der Waals surface area contributed by atoms with Crippen LogP contribution in [0.5, 0.6) is 0 Å². The Bertz CT molecular complexity index is 1240. The number of nitriles is 1. The van der Waals surface area contributed by atoms with Crippen LogP contribution in [0.15, 0.2) is 47.4 Å². The molecule has 0 unspecified atom stereocenters. The molecule has 7 nitrogen and oxygen atoms in total. The lowest BCUT2D eigenvalue weighted by atomic mass is 9.97. The van der Waals surface area contributed by atoms with Gasteiger partial charge in [-0.15, -0.1) is 0 Å². The first kappa shape index (κ1) is 20.4. The molecule has 0 atom stereocenters. The molecule has 4 rings (SSSR count). The number of halogens is 1. The summed E-state index contributed by atoms with van der Waals surface area (Å²) in [5.41, 5.74) is 1.00. The fraction of sp³-hybridized carbons (Fsp3) is 0.250. The van der Waals surface area contributed by atoms with Gasteiger partial charge in [-0.2, -0.15) is 9.57 Å². The summed E-state index contributed by atoms with van der Waals surface area (Å²) in [5.74, 6) is -0.911. The molecule has 1 aliphatic heterocycles. The van der Waals surface area contributed by atoms with E-state index in [1.165, 1.54) is 52.0 Å². The minimum atomic E-state index is -3.67. The van der Waals surface area contributed by atoms with Crippen LogP contribution in [-0.4, -0.2) is 36.7 Å². The molecule has 3 aromatic rings. The number of fused-ring (bicyclic) bond motifs is 1. The van der Waals surface area contributed by atoms with E-state index in [1.54, 1.807) is 6.07 Å². The number of aromatic nitrogens is 1. The molecule has 1 aromatic heterocycles. The zero-order chi connectivity index (χ0) is 21.3. The van der Waals surface area contributed by atoms with Gasteiger partial charge in [-0.05, 0) is 55.3 Å². The van der Waals surface area contributed by atoms with Gasteiger partial charge in [-0.3, -0.25) is 4.79 Å². The zero-order valence-corrected chi connectivity index (χ0v) is 17.3. The Morgan fingerprint density at radius 1 is 1.20 bits per heavy atom.